The quantitative estimate of drug-likeness (QED) is 0.515. The van der Waals surface area contributed by atoms with Crippen LogP contribution in [0.25, 0.3) is 22.8 Å². The van der Waals surface area contributed by atoms with E-state index in [4.69, 9.17) is 4.52 Å². The molecule has 0 N–H and O–H groups in total. The summed E-state index contributed by atoms with van der Waals surface area (Å²) >= 11 is 0. The van der Waals surface area contributed by atoms with Crippen LogP contribution in [0.2, 0.25) is 0 Å². The fraction of sp³-hybridized carbons (Fsp3) is 0.375. The average molecular weight is 374 g/mol. The van der Waals surface area contributed by atoms with E-state index >= 15 is 0 Å². The molecule has 4 rings (SSSR count). The molecule has 0 atom stereocenters. The number of benzene rings is 2. The van der Waals surface area contributed by atoms with Gasteiger partial charge < -0.3 is 4.52 Å². The normalized spacial score (nSPS) is 16.1. The Kier molecular flexibility index (Phi) is 4.88. The van der Waals surface area contributed by atoms with Gasteiger partial charge in [0.2, 0.25) is 5.82 Å². The second kappa shape index (κ2) is 7.34. The average Bonchev–Trinajstić information content (AvgIpc) is 3.19. The van der Waals surface area contributed by atoms with Gasteiger partial charge in [-0.15, -0.1) is 0 Å². The summed E-state index contributed by atoms with van der Waals surface area (Å²) in [7, 11) is 0. The minimum Gasteiger partial charge on any atom is -0.334 e. The molecule has 1 aliphatic carbocycles. The van der Waals surface area contributed by atoms with Gasteiger partial charge >= 0.3 is 0 Å². The van der Waals surface area contributed by atoms with Crippen molar-refractivity contribution in [3.8, 4) is 22.8 Å². The maximum Gasteiger partial charge on any atom is 0.258 e. The lowest BCUT2D eigenvalue weighted by Crippen LogP contribution is -2.26. The van der Waals surface area contributed by atoms with Gasteiger partial charge in [0, 0.05) is 16.7 Å². The first-order valence-corrected chi connectivity index (χ1v) is 10.0. The minimum atomic E-state index is 0.0427. The number of rotatable bonds is 4. The molecule has 1 fully saturated rings. The van der Waals surface area contributed by atoms with Crippen LogP contribution in [0.3, 0.4) is 0 Å². The molecule has 0 amide bonds. The highest BCUT2D eigenvalue weighted by atomic mass is 16.5. The zero-order valence-corrected chi connectivity index (χ0v) is 16.8. The smallest absolute Gasteiger partial charge is 0.258 e. The number of carbonyl (C=O) groups is 1. The third-order valence-electron chi connectivity index (χ3n) is 6.07. The Morgan fingerprint density at radius 3 is 2.36 bits per heavy atom. The summed E-state index contributed by atoms with van der Waals surface area (Å²) in [6, 6.07) is 13.7. The van der Waals surface area contributed by atoms with E-state index in [9.17, 15) is 4.79 Å². The van der Waals surface area contributed by atoms with Gasteiger partial charge in [-0.1, -0.05) is 55.6 Å². The number of aromatic nitrogens is 2. The summed E-state index contributed by atoms with van der Waals surface area (Å²) < 4.78 is 5.50. The molecule has 28 heavy (non-hydrogen) atoms. The summed E-state index contributed by atoms with van der Waals surface area (Å²) in [6.07, 6.45) is 6.39. The van der Waals surface area contributed by atoms with E-state index in [1.165, 1.54) is 43.2 Å². The molecule has 1 heterocycles. The van der Waals surface area contributed by atoms with Crippen LogP contribution < -0.4 is 0 Å². The summed E-state index contributed by atoms with van der Waals surface area (Å²) in [5.41, 5.74) is 5.44. The van der Waals surface area contributed by atoms with Gasteiger partial charge in [-0.2, -0.15) is 4.98 Å². The Bertz CT molecular complexity index is 996. The third-order valence-corrected chi connectivity index (χ3v) is 6.07. The lowest BCUT2D eigenvalue weighted by atomic mass is 9.69. The van der Waals surface area contributed by atoms with Gasteiger partial charge in [0.1, 0.15) is 0 Å². The third kappa shape index (κ3) is 3.51. The number of aryl methyl sites for hydroxylation is 1. The maximum atomic E-state index is 11.4. The zero-order valence-electron chi connectivity index (χ0n) is 16.8. The van der Waals surface area contributed by atoms with E-state index in [2.05, 4.69) is 42.2 Å². The van der Waals surface area contributed by atoms with Crippen LogP contribution in [0.4, 0.5) is 0 Å². The van der Waals surface area contributed by atoms with Crippen LogP contribution in [-0.4, -0.2) is 15.9 Å². The highest BCUT2D eigenvalue weighted by molar-refractivity contribution is 5.94. The number of carbonyl (C=O) groups excluding carboxylic acids is 1. The topological polar surface area (TPSA) is 56.0 Å². The predicted molar refractivity (Wildman–Crippen MR) is 110 cm³/mol. The number of hydrogen-bond acceptors (Lipinski definition) is 4. The molecule has 3 aromatic rings. The van der Waals surface area contributed by atoms with E-state index in [1.807, 2.05) is 12.1 Å². The van der Waals surface area contributed by atoms with Gasteiger partial charge in [0.05, 0.1) is 0 Å². The first-order chi connectivity index (χ1) is 13.5. The lowest BCUT2D eigenvalue weighted by Gasteiger charge is -2.35. The molecule has 4 nitrogen and oxygen atoms in total. The van der Waals surface area contributed by atoms with Crippen molar-refractivity contribution in [2.45, 2.75) is 58.3 Å². The summed E-state index contributed by atoms with van der Waals surface area (Å²) in [6.45, 7) is 6.13. The Morgan fingerprint density at radius 1 is 1.00 bits per heavy atom. The van der Waals surface area contributed by atoms with Crippen molar-refractivity contribution in [2.24, 2.45) is 0 Å². The van der Waals surface area contributed by atoms with Gasteiger partial charge in [-0.3, -0.25) is 4.79 Å². The zero-order chi connectivity index (χ0) is 19.7. The number of Topliss-reactive ketones (excluding diaryl/α,β-unsaturated/α-hetero) is 1. The molecule has 2 aromatic carbocycles. The Morgan fingerprint density at radius 2 is 1.68 bits per heavy atom. The molecule has 1 aliphatic rings. The summed E-state index contributed by atoms with van der Waals surface area (Å²) in [5, 5.41) is 4.21. The SMILES string of the molecule is CC(=O)c1ccc(-c2nc(-c3ccc(C)c(C4(C)CCCCC4)c3)no2)cc1. The Labute approximate surface area is 166 Å². The second-order valence-corrected chi connectivity index (χ2v) is 8.21. The molecular formula is C24H26N2O2. The van der Waals surface area contributed by atoms with E-state index in [0.717, 1.165) is 11.1 Å². The molecule has 4 heteroatoms. The highest BCUT2D eigenvalue weighted by Gasteiger charge is 2.30. The van der Waals surface area contributed by atoms with Crippen LogP contribution in [0, 0.1) is 6.92 Å². The first kappa shape index (κ1) is 18.6. The van der Waals surface area contributed by atoms with E-state index in [0.29, 0.717) is 17.3 Å². The lowest BCUT2D eigenvalue weighted by molar-refractivity contribution is 0.101. The molecule has 0 radical (unpaired) electrons. The fourth-order valence-corrected chi connectivity index (χ4v) is 4.32. The van der Waals surface area contributed by atoms with Gasteiger partial charge in [-0.25, -0.2) is 0 Å². The Hall–Kier alpha value is -2.75. The van der Waals surface area contributed by atoms with Crippen molar-refractivity contribution in [3.63, 3.8) is 0 Å². The molecule has 0 saturated heterocycles. The number of ketones is 1. The van der Waals surface area contributed by atoms with Crippen molar-refractivity contribution >= 4 is 5.78 Å². The standard InChI is InChI=1S/C24H26N2O2/c1-16-7-8-20(15-21(16)24(3)13-5-4-6-14-24)22-25-23(28-26-22)19-11-9-18(10-12-19)17(2)27/h7-12,15H,4-6,13-14H2,1-3H3. The molecule has 0 aliphatic heterocycles. The minimum absolute atomic E-state index is 0.0427. The molecule has 0 unspecified atom stereocenters. The van der Waals surface area contributed by atoms with E-state index in [1.54, 1.807) is 19.1 Å². The molecular weight excluding hydrogens is 348 g/mol. The van der Waals surface area contributed by atoms with Crippen molar-refractivity contribution in [2.75, 3.05) is 0 Å². The summed E-state index contributed by atoms with van der Waals surface area (Å²) in [5.74, 6) is 1.11. The molecule has 1 aromatic heterocycles. The Balaban J connectivity index is 1.65. The largest absolute Gasteiger partial charge is 0.334 e. The monoisotopic (exact) mass is 374 g/mol. The fourth-order valence-electron chi connectivity index (χ4n) is 4.32. The number of hydrogen-bond donors (Lipinski definition) is 0. The van der Waals surface area contributed by atoms with Crippen molar-refractivity contribution in [1.29, 1.82) is 0 Å². The van der Waals surface area contributed by atoms with Crippen molar-refractivity contribution < 1.29 is 9.32 Å². The van der Waals surface area contributed by atoms with Crippen molar-refractivity contribution in [3.05, 3.63) is 59.2 Å². The number of nitrogens with zero attached hydrogens (tertiary/aromatic N) is 2. The molecule has 0 spiro atoms. The summed E-state index contributed by atoms with van der Waals surface area (Å²) in [4.78, 5) is 16.0. The van der Waals surface area contributed by atoms with Crippen molar-refractivity contribution in [1.82, 2.24) is 10.1 Å². The van der Waals surface area contributed by atoms with Crippen LogP contribution in [0.5, 0.6) is 0 Å². The van der Waals surface area contributed by atoms with Crippen LogP contribution >= 0.6 is 0 Å². The van der Waals surface area contributed by atoms with Gasteiger partial charge in [-0.05, 0) is 61.4 Å². The molecule has 1 saturated carbocycles. The first-order valence-electron chi connectivity index (χ1n) is 10.0. The predicted octanol–water partition coefficient (Wildman–Crippen LogP) is 6.14. The molecule has 144 valence electrons. The highest BCUT2D eigenvalue weighted by Crippen LogP contribution is 2.41. The second-order valence-electron chi connectivity index (χ2n) is 8.21. The maximum absolute atomic E-state index is 11.4. The van der Waals surface area contributed by atoms with Crippen LogP contribution in [-0.2, 0) is 5.41 Å². The van der Waals surface area contributed by atoms with E-state index in [-0.39, 0.29) is 11.2 Å². The van der Waals surface area contributed by atoms with E-state index < -0.39 is 0 Å². The van der Waals surface area contributed by atoms with Gasteiger partial charge in [0.15, 0.2) is 5.78 Å². The van der Waals surface area contributed by atoms with Crippen LogP contribution in [0.15, 0.2) is 47.0 Å². The van der Waals surface area contributed by atoms with Crippen LogP contribution in [0.1, 0.15) is 67.4 Å². The molecule has 0 bridgehead atoms. The van der Waals surface area contributed by atoms with Gasteiger partial charge in [0.25, 0.3) is 5.89 Å².